The number of hydrogen-bond donors (Lipinski definition) is 3. The van der Waals surface area contributed by atoms with Crippen molar-refractivity contribution in [3.8, 4) is 22.5 Å². The Morgan fingerprint density at radius 2 is 1.70 bits per heavy atom. The summed E-state index contributed by atoms with van der Waals surface area (Å²) in [6.07, 6.45) is 3.16. The minimum atomic E-state index is -2.76. The highest BCUT2D eigenvalue weighted by Gasteiger charge is 2.47. The van der Waals surface area contributed by atoms with E-state index in [4.69, 9.17) is 9.97 Å². The van der Waals surface area contributed by atoms with Crippen LogP contribution in [0.5, 0.6) is 0 Å². The smallest absolute Gasteiger partial charge is 0.273 e. The van der Waals surface area contributed by atoms with Crippen molar-refractivity contribution < 1.29 is 13.9 Å². The molecule has 6 aromatic rings. The standard InChI is InChI=1S/C33H29F2N7O/c1-41-28-15-24(8-7-23(28)14-29(41)32(43)42-19-33(34,35)20-42)31-39-27(13-21-5-3-2-4-6-21)16-30(40-31)38-26-11-9-22(10-12-26)25-17-36-37-18-25/h2-12,14-18,32,43H,13,19-20H2,1H3,(H,36,37)(H,38,39,40). The maximum Gasteiger partial charge on any atom is 0.273 e. The Balaban J connectivity index is 1.22. The van der Waals surface area contributed by atoms with E-state index in [1.54, 1.807) is 6.20 Å². The van der Waals surface area contributed by atoms with Gasteiger partial charge in [-0.05, 0) is 35.4 Å². The number of fused-ring (bicyclic) bond motifs is 1. The third-order valence-corrected chi connectivity index (χ3v) is 7.82. The number of rotatable bonds is 8. The second kappa shape index (κ2) is 10.7. The number of aromatic amines is 1. The van der Waals surface area contributed by atoms with Crippen LogP contribution in [0.1, 0.15) is 23.2 Å². The number of H-pyrrole nitrogens is 1. The molecule has 0 bridgehead atoms. The van der Waals surface area contributed by atoms with E-state index in [-0.39, 0.29) is 0 Å². The molecule has 1 unspecified atom stereocenters. The zero-order valence-electron chi connectivity index (χ0n) is 23.4. The first kappa shape index (κ1) is 26.9. The SMILES string of the molecule is Cn1c(C(O)N2CC(F)(F)C2)cc2ccc(-c3nc(Cc4ccccc4)cc(Nc4ccc(-c5cn[nH]c5)cc4)n3)cc21. The summed E-state index contributed by atoms with van der Waals surface area (Å²) in [5.74, 6) is -1.54. The number of nitrogens with zero attached hydrogens (tertiary/aromatic N) is 5. The molecule has 0 amide bonds. The van der Waals surface area contributed by atoms with Gasteiger partial charge in [-0.2, -0.15) is 5.10 Å². The Bertz CT molecular complexity index is 1880. The van der Waals surface area contributed by atoms with Gasteiger partial charge in [0.1, 0.15) is 12.0 Å². The average molecular weight is 578 g/mol. The van der Waals surface area contributed by atoms with Crippen LogP contribution in [0.15, 0.2) is 97.3 Å². The molecular weight excluding hydrogens is 548 g/mol. The molecular formula is C33H29F2N7O. The summed E-state index contributed by atoms with van der Waals surface area (Å²) in [4.78, 5) is 11.2. The number of aromatic nitrogens is 5. The van der Waals surface area contributed by atoms with E-state index in [1.165, 1.54) is 4.90 Å². The highest BCUT2D eigenvalue weighted by atomic mass is 19.3. The molecule has 1 aliphatic heterocycles. The number of nitrogens with one attached hydrogen (secondary N) is 2. The number of likely N-dealkylation sites (tertiary alicyclic amines) is 1. The van der Waals surface area contributed by atoms with Crippen LogP contribution in [0, 0.1) is 0 Å². The lowest BCUT2D eigenvalue weighted by molar-refractivity contribution is -0.187. The molecule has 4 heterocycles. The molecule has 1 atom stereocenters. The molecule has 1 fully saturated rings. The highest BCUT2D eigenvalue weighted by Crippen LogP contribution is 2.36. The first-order valence-corrected chi connectivity index (χ1v) is 14.0. The number of halogens is 2. The summed E-state index contributed by atoms with van der Waals surface area (Å²) >= 11 is 0. The van der Waals surface area contributed by atoms with Gasteiger partial charge >= 0.3 is 0 Å². The second-order valence-electron chi connectivity index (χ2n) is 11.0. The first-order valence-electron chi connectivity index (χ1n) is 14.0. The fourth-order valence-corrected chi connectivity index (χ4v) is 5.54. The highest BCUT2D eigenvalue weighted by molar-refractivity contribution is 5.85. The van der Waals surface area contributed by atoms with Crippen LogP contribution >= 0.6 is 0 Å². The molecule has 216 valence electrons. The third-order valence-electron chi connectivity index (χ3n) is 7.82. The quantitative estimate of drug-likeness (QED) is 0.197. The van der Waals surface area contributed by atoms with E-state index in [0.717, 1.165) is 44.5 Å². The van der Waals surface area contributed by atoms with Crippen molar-refractivity contribution >= 4 is 22.4 Å². The van der Waals surface area contributed by atoms with Gasteiger partial charge in [0, 0.05) is 53.4 Å². The van der Waals surface area contributed by atoms with Crippen molar-refractivity contribution in [2.75, 3.05) is 18.4 Å². The number of aliphatic hydroxyl groups excluding tert-OH is 1. The Morgan fingerprint density at radius 3 is 2.42 bits per heavy atom. The van der Waals surface area contributed by atoms with Crippen molar-refractivity contribution in [1.82, 2.24) is 29.6 Å². The van der Waals surface area contributed by atoms with Gasteiger partial charge in [-0.25, -0.2) is 18.7 Å². The maximum absolute atomic E-state index is 13.4. The van der Waals surface area contributed by atoms with E-state index in [0.29, 0.717) is 23.8 Å². The van der Waals surface area contributed by atoms with Gasteiger partial charge in [0.05, 0.1) is 30.7 Å². The van der Waals surface area contributed by atoms with Gasteiger partial charge in [-0.3, -0.25) is 10.00 Å². The Morgan fingerprint density at radius 1 is 0.930 bits per heavy atom. The summed E-state index contributed by atoms with van der Waals surface area (Å²) in [6.45, 7) is -0.907. The van der Waals surface area contributed by atoms with Gasteiger partial charge in [0.25, 0.3) is 5.92 Å². The van der Waals surface area contributed by atoms with Gasteiger partial charge in [0.2, 0.25) is 0 Å². The van der Waals surface area contributed by atoms with Crippen molar-refractivity contribution in [2.24, 2.45) is 7.05 Å². The maximum atomic E-state index is 13.4. The van der Waals surface area contributed by atoms with Crippen LogP contribution in [-0.2, 0) is 13.5 Å². The summed E-state index contributed by atoms with van der Waals surface area (Å²) < 4.78 is 28.7. The van der Waals surface area contributed by atoms with Gasteiger partial charge in [0.15, 0.2) is 5.82 Å². The van der Waals surface area contributed by atoms with Crippen molar-refractivity contribution in [3.63, 3.8) is 0 Å². The number of aryl methyl sites for hydroxylation is 1. The lowest BCUT2D eigenvalue weighted by Crippen LogP contribution is -2.57. The molecule has 1 saturated heterocycles. The van der Waals surface area contributed by atoms with Crippen LogP contribution in [0.3, 0.4) is 0 Å². The fraction of sp³-hybridized carbons (Fsp3) is 0.182. The largest absolute Gasteiger partial charge is 0.372 e. The minimum absolute atomic E-state index is 0.454. The number of aliphatic hydroxyl groups is 1. The Kier molecular flexibility index (Phi) is 6.72. The van der Waals surface area contributed by atoms with Crippen LogP contribution in [0.2, 0.25) is 0 Å². The lowest BCUT2D eigenvalue weighted by Gasteiger charge is -2.41. The molecule has 10 heteroatoms. The topological polar surface area (TPSA) is 94.9 Å². The van der Waals surface area contributed by atoms with Crippen molar-refractivity contribution in [3.05, 3.63) is 114 Å². The summed E-state index contributed by atoms with van der Waals surface area (Å²) in [5, 5.41) is 22.0. The molecule has 8 nitrogen and oxygen atoms in total. The van der Waals surface area contributed by atoms with E-state index < -0.39 is 25.2 Å². The third kappa shape index (κ3) is 5.50. The van der Waals surface area contributed by atoms with Crippen LogP contribution < -0.4 is 5.32 Å². The molecule has 0 radical (unpaired) electrons. The molecule has 0 aliphatic carbocycles. The Labute approximate surface area is 246 Å². The molecule has 0 spiro atoms. The fourth-order valence-electron chi connectivity index (χ4n) is 5.54. The molecule has 3 aromatic carbocycles. The number of benzene rings is 3. The van der Waals surface area contributed by atoms with Gasteiger partial charge in [-0.15, -0.1) is 0 Å². The predicted octanol–water partition coefficient (Wildman–Crippen LogP) is 6.30. The number of hydrogen-bond acceptors (Lipinski definition) is 6. The van der Waals surface area contributed by atoms with Crippen LogP contribution in [0.25, 0.3) is 33.4 Å². The summed E-state index contributed by atoms with van der Waals surface area (Å²) in [5.41, 5.74) is 7.15. The van der Waals surface area contributed by atoms with Crippen LogP contribution in [0.4, 0.5) is 20.3 Å². The van der Waals surface area contributed by atoms with E-state index in [2.05, 4.69) is 27.6 Å². The molecule has 3 N–H and O–H groups in total. The zero-order chi connectivity index (χ0) is 29.6. The van der Waals surface area contributed by atoms with E-state index in [1.807, 2.05) is 90.6 Å². The molecule has 1 aliphatic rings. The monoisotopic (exact) mass is 577 g/mol. The summed E-state index contributed by atoms with van der Waals surface area (Å²) in [6, 6.07) is 27.9. The van der Waals surface area contributed by atoms with E-state index >= 15 is 0 Å². The van der Waals surface area contributed by atoms with Gasteiger partial charge in [-0.1, -0.05) is 54.6 Å². The van der Waals surface area contributed by atoms with Crippen LogP contribution in [-0.4, -0.2) is 53.8 Å². The molecule has 3 aromatic heterocycles. The first-order chi connectivity index (χ1) is 20.8. The molecule has 43 heavy (non-hydrogen) atoms. The molecule has 0 saturated carbocycles. The minimum Gasteiger partial charge on any atom is -0.372 e. The number of anilines is 2. The predicted molar refractivity (Wildman–Crippen MR) is 162 cm³/mol. The average Bonchev–Trinajstić information content (AvgIpc) is 3.65. The second-order valence-corrected chi connectivity index (χ2v) is 11.0. The van der Waals surface area contributed by atoms with Gasteiger partial charge < -0.3 is 15.0 Å². The summed E-state index contributed by atoms with van der Waals surface area (Å²) in [7, 11) is 1.83. The number of alkyl halides is 2. The Hall–Kier alpha value is -4.93. The van der Waals surface area contributed by atoms with Crippen molar-refractivity contribution in [1.29, 1.82) is 0 Å². The van der Waals surface area contributed by atoms with E-state index in [9.17, 15) is 13.9 Å². The normalized spacial score (nSPS) is 15.3. The lowest BCUT2D eigenvalue weighted by atomic mass is 10.1. The molecule has 7 rings (SSSR count). The van der Waals surface area contributed by atoms with Crippen molar-refractivity contribution in [2.45, 2.75) is 18.6 Å². The zero-order valence-corrected chi connectivity index (χ0v) is 23.4.